The second kappa shape index (κ2) is 3.65. The van der Waals surface area contributed by atoms with Gasteiger partial charge in [0, 0.05) is 11.3 Å². The Bertz CT molecular complexity index is 441. The highest BCUT2D eigenvalue weighted by atomic mass is 19.4. The highest BCUT2D eigenvalue weighted by Crippen LogP contribution is 2.31. The summed E-state index contributed by atoms with van der Waals surface area (Å²) >= 11 is 0. The van der Waals surface area contributed by atoms with Crippen molar-refractivity contribution in [3.05, 3.63) is 29.3 Å². The number of nitrogens with two attached hydrogens (primary N) is 1. The Balaban J connectivity index is 3.22. The molecule has 0 aliphatic heterocycles. The number of terminal acetylenes is 1. The Morgan fingerprint density at radius 2 is 2.00 bits per heavy atom. The molecule has 5 heteroatoms. The van der Waals surface area contributed by atoms with E-state index in [1.165, 1.54) is 0 Å². The Morgan fingerprint density at radius 3 is 2.40 bits per heavy atom. The molecule has 0 saturated carbocycles. The number of hydrogen-bond donors (Lipinski definition) is 2. The lowest BCUT2D eigenvalue weighted by molar-refractivity contribution is -0.137. The molecule has 78 valence electrons. The monoisotopic (exact) mass is 212 g/mol. The largest absolute Gasteiger partial charge is 0.416 e. The summed E-state index contributed by atoms with van der Waals surface area (Å²) in [4.78, 5) is 0. The predicted octanol–water partition coefficient (Wildman–Crippen LogP) is 2.29. The first-order valence-corrected chi connectivity index (χ1v) is 3.88. The fraction of sp³-hybridized carbons (Fsp3) is 0.100. The maximum Gasteiger partial charge on any atom is 0.416 e. The van der Waals surface area contributed by atoms with E-state index in [1.54, 1.807) is 0 Å². The summed E-state index contributed by atoms with van der Waals surface area (Å²) in [6, 6.07) is 2.71. The molecule has 0 fully saturated rings. The molecule has 1 aromatic carbocycles. The fourth-order valence-electron chi connectivity index (χ4n) is 1.04. The van der Waals surface area contributed by atoms with Crippen LogP contribution in [0.2, 0.25) is 0 Å². The smallest absolute Gasteiger partial charge is 0.398 e. The molecule has 0 radical (unpaired) electrons. The van der Waals surface area contributed by atoms with Crippen LogP contribution in [-0.4, -0.2) is 5.71 Å². The summed E-state index contributed by atoms with van der Waals surface area (Å²) in [7, 11) is 0. The number of benzene rings is 1. The van der Waals surface area contributed by atoms with Crippen LogP contribution in [0, 0.1) is 17.8 Å². The highest BCUT2D eigenvalue weighted by molar-refractivity contribution is 6.13. The molecule has 0 amide bonds. The van der Waals surface area contributed by atoms with Gasteiger partial charge in [0.1, 0.15) is 5.71 Å². The molecule has 0 aliphatic rings. The van der Waals surface area contributed by atoms with Gasteiger partial charge in [-0.2, -0.15) is 13.2 Å². The molecule has 2 nitrogen and oxygen atoms in total. The third-order valence-electron chi connectivity index (χ3n) is 1.79. The summed E-state index contributed by atoms with van der Waals surface area (Å²) in [5, 5.41) is 7.25. The quantitative estimate of drug-likeness (QED) is 0.419. The Kier molecular flexibility index (Phi) is 2.71. The lowest BCUT2D eigenvalue weighted by atomic mass is 10.1. The van der Waals surface area contributed by atoms with Crippen LogP contribution in [0.25, 0.3) is 0 Å². The van der Waals surface area contributed by atoms with Gasteiger partial charge < -0.3 is 5.73 Å². The van der Waals surface area contributed by atoms with E-state index in [-0.39, 0.29) is 17.0 Å². The van der Waals surface area contributed by atoms with Crippen LogP contribution in [-0.2, 0) is 6.18 Å². The Labute approximate surface area is 84.4 Å². The number of alkyl halides is 3. The zero-order valence-electron chi connectivity index (χ0n) is 7.52. The van der Waals surface area contributed by atoms with Crippen LogP contribution in [0.4, 0.5) is 18.9 Å². The van der Waals surface area contributed by atoms with Crippen molar-refractivity contribution >= 4 is 11.4 Å². The van der Waals surface area contributed by atoms with Crippen molar-refractivity contribution in [2.24, 2.45) is 0 Å². The van der Waals surface area contributed by atoms with Crippen molar-refractivity contribution in [1.29, 1.82) is 5.41 Å². The lowest BCUT2D eigenvalue weighted by Gasteiger charge is -2.09. The normalized spacial score (nSPS) is 10.8. The van der Waals surface area contributed by atoms with E-state index in [2.05, 4.69) is 0 Å². The number of hydrogen-bond acceptors (Lipinski definition) is 2. The van der Waals surface area contributed by atoms with Gasteiger partial charge in [0.15, 0.2) is 0 Å². The van der Waals surface area contributed by atoms with E-state index in [1.807, 2.05) is 5.92 Å². The molecule has 0 saturated heterocycles. The third-order valence-corrected chi connectivity index (χ3v) is 1.79. The average molecular weight is 212 g/mol. The van der Waals surface area contributed by atoms with Crippen LogP contribution < -0.4 is 5.73 Å². The van der Waals surface area contributed by atoms with Crippen LogP contribution in [0.15, 0.2) is 18.2 Å². The van der Waals surface area contributed by atoms with E-state index in [9.17, 15) is 13.2 Å². The topological polar surface area (TPSA) is 49.9 Å². The van der Waals surface area contributed by atoms with Crippen LogP contribution in [0.5, 0.6) is 0 Å². The number of halogens is 3. The summed E-state index contributed by atoms with van der Waals surface area (Å²) < 4.78 is 36.7. The van der Waals surface area contributed by atoms with Crippen molar-refractivity contribution in [2.75, 3.05) is 5.73 Å². The zero-order chi connectivity index (χ0) is 11.6. The van der Waals surface area contributed by atoms with E-state index in [0.717, 1.165) is 18.2 Å². The summed E-state index contributed by atoms with van der Waals surface area (Å²) in [6.45, 7) is 0. The molecule has 3 N–H and O–H groups in total. The molecule has 0 atom stereocenters. The minimum Gasteiger partial charge on any atom is -0.398 e. The first kappa shape index (κ1) is 11.1. The predicted molar refractivity (Wildman–Crippen MR) is 51.5 cm³/mol. The minimum absolute atomic E-state index is 0.130. The number of nitrogens with one attached hydrogen (secondary N) is 1. The number of anilines is 1. The van der Waals surface area contributed by atoms with Crippen LogP contribution in [0.3, 0.4) is 0 Å². The van der Waals surface area contributed by atoms with Crippen molar-refractivity contribution in [3.8, 4) is 12.3 Å². The molecule has 0 bridgehead atoms. The maximum atomic E-state index is 12.2. The molecule has 0 heterocycles. The van der Waals surface area contributed by atoms with Crippen molar-refractivity contribution in [1.82, 2.24) is 0 Å². The molecule has 1 rings (SSSR count). The molecule has 0 unspecified atom stereocenters. The second-order valence-corrected chi connectivity index (χ2v) is 2.82. The molecular formula is C10H7F3N2. The molecule has 15 heavy (non-hydrogen) atoms. The van der Waals surface area contributed by atoms with E-state index >= 15 is 0 Å². The highest BCUT2D eigenvalue weighted by Gasteiger charge is 2.30. The minimum atomic E-state index is -4.44. The molecular weight excluding hydrogens is 205 g/mol. The van der Waals surface area contributed by atoms with Gasteiger partial charge in [-0.1, -0.05) is 5.92 Å². The Hall–Kier alpha value is -1.96. The van der Waals surface area contributed by atoms with Gasteiger partial charge in [0.25, 0.3) is 0 Å². The van der Waals surface area contributed by atoms with Crippen molar-refractivity contribution in [2.45, 2.75) is 6.18 Å². The van der Waals surface area contributed by atoms with E-state index in [0.29, 0.717) is 0 Å². The van der Waals surface area contributed by atoms with Crippen molar-refractivity contribution in [3.63, 3.8) is 0 Å². The van der Waals surface area contributed by atoms with Gasteiger partial charge in [-0.05, 0) is 18.2 Å². The van der Waals surface area contributed by atoms with Gasteiger partial charge in [-0.25, -0.2) is 0 Å². The SMILES string of the molecule is C#CC(=N)c1ccc(C(F)(F)F)cc1N. The van der Waals surface area contributed by atoms with Crippen LogP contribution >= 0.6 is 0 Å². The zero-order valence-corrected chi connectivity index (χ0v) is 7.52. The third kappa shape index (κ3) is 2.29. The number of rotatable bonds is 1. The first-order chi connectivity index (χ1) is 6.86. The molecule has 0 aromatic heterocycles. The van der Waals surface area contributed by atoms with Crippen LogP contribution in [0.1, 0.15) is 11.1 Å². The first-order valence-electron chi connectivity index (χ1n) is 3.88. The fourth-order valence-corrected chi connectivity index (χ4v) is 1.04. The van der Waals surface area contributed by atoms with Gasteiger partial charge in [-0.3, -0.25) is 5.41 Å². The van der Waals surface area contributed by atoms with E-state index in [4.69, 9.17) is 17.6 Å². The standard InChI is InChI=1S/C10H7F3N2/c1-2-8(14)7-4-3-6(5-9(7)15)10(11,12)13/h1,3-5,14H,15H2. The maximum absolute atomic E-state index is 12.2. The van der Waals surface area contributed by atoms with Crippen molar-refractivity contribution < 1.29 is 13.2 Å². The molecule has 1 aromatic rings. The lowest BCUT2D eigenvalue weighted by Crippen LogP contribution is -2.08. The molecule has 0 spiro atoms. The van der Waals surface area contributed by atoms with Gasteiger partial charge in [0.2, 0.25) is 0 Å². The molecule has 0 aliphatic carbocycles. The Morgan fingerprint density at radius 1 is 1.40 bits per heavy atom. The van der Waals surface area contributed by atoms with Gasteiger partial charge in [-0.15, -0.1) is 6.42 Å². The summed E-state index contributed by atoms with van der Waals surface area (Å²) in [6.07, 6.45) is 0.505. The van der Waals surface area contributed by atoms with E-state index < -0.39 is 11.7 Å². The summed E-state index contributed by atoms with van der Waals surface area (Å²) in [5.74, 6) is 2.00. The van der Waals surface area contributed by atoms with Gasteiger partial charge in [0.05, 0.1) is 5.56 Å². The number of nitrogen functional groups attached to an aromatic ring is 1. The summed E-state index contributed by atoms with van der Waals surface area (Å²) in [5.41, 5.74) is 4.25. The van der Waals surface area contributed by atoms with Gasteiger partial charge >= 0.3 is 6.18 Å². The average Bonchev–Trinajstić information content (AvgIpc) is 2.15. The second-order valence-electron chi connectivity index (χ2n) is 2.82.